The Morgan fingerprint density at radius 1 is 1.24 bits per heavy atom. The van der Waals surface area contributed by atoms with Crippen LogP contribution in [0.5, 0.6) is 5.75 Å². The first-order chi connectivity index (χ1) is 10.2. The molecule has 0 bridgehead atoms. The number of benzene rings is 1. The molecule has 0 saturated heterocycles. The van der Waals surface area contributed by atoms with Gasteiger partial charge in [0.05, 0.1) is 12.6 Å². The van der Waals surface area contributed by atoms with Gasteiger partial charge in [-0.2, -0.15) is 0 Å². The highest BCUT2D eigenvalue weighted by Gasteiger charge is 2.28. The van der Waals surface area contributed by atoms with E-state index < -0.39 is 0 Å². The highest BCUT2D eigenvalue weighted by molar-refractivity contribution is 5.36. The summed E-state index contributed by atoms with van der Waals surface area (Å²) in [4.78, 5) is 2.48. The monoisotopic (exact) mass is 290 g/mol. The minimum absolute atomic E-state index is 0.242. The standard InChI is InChI=1S/C18H30N2O/c1-4-21-18-8-6-5-7-16(18)17(13-19)20(3)15-11-9-14(2)10-12-15/h5-8,14-15,17H,4,9-13,19H2,1-3H3. The fraction of sp³-hybridized carbons (Fsp3) is 0.667. The molecule has 1 aromatic carbocycles. The van der Waals surface area contributed by atoms with Gasteiger partial charge in [-0.3, -0.25) is 4.90 Å². The highest BCUT2D eigenvalue weighted by atomic mass is 16.5. The molecular formula is C18H30N2O. The molecule has 0 radical (unpaired) electrons. The summed E-state index contributed by atoms with van der Waals surface area (Å²) in [5.41, 5.74) is 7.33. The number of nitrogens with zero attached hydrogens (tertiary/aromatic N) is 1. The summed E-state index contributed by atoms with van der Waals surface area (Å²) in [6.07, 6.45) is 5.23. The second kappa shape index (κ2) is 7.81. The maximum absolute atomic E-state index is 6.11. The molecule has 1 fully saturated rings. The third-order valence-electron chi connectivity index (χ3n) is 4.85. The van der Waals surface area contributed by atoms with Crippen molar-refractivity contribution < 1.29 is 4.74 Å². The maximum atomic E-state index is 6.11. The predicted molar refractivity (Wildman–Crippen MR) is 88.6 cm³/mol. The van der Waals surface area contributed by atoms with Crippen molar-refractivity contribution in [3.63, 3.8) is 0 Å². The van der Waals surface area contributed by atoms with Gasteiger partial charge in [-0.15, -0.1) is 0 Å². The SMILES string of the molecule is CCOc1ccccc1C(CN)N(C)C1CCC(C)CC1. The van der Waals surface area contributed by atoms with Gasteiger partial charge in [0.1, 0.15) is 5.75 Å². The third-order valence-corrected chi connectivity index (χ3v) is 4.85. The average molecular weight is 290 g/mol. The van der Waals surface area contributed by atoms with Crippen molar-refractivity contribution in [2.24, 2.45) is 11.7 Å². The molecule has 0 aliphatic heterocycles. The van der Waals surface area contributed by atoms with Gasteiger partial charge >= 0.3 is 0 Å². The van der Waals surface area contributed by atoms with Crippen molar-refractivity contribution in [1.82, 2.24) is 4.90 Å². The number of rotatable bonds is 6. The number of para-hydroxylation sites is 1. The first-order valence-electron chi connectivity index (χ1n) is 8.31. The molecule has 1 saturated carbocycles. The van der Waals surface area contributed by atoms with E-state index in [2.05, 4.69) is 37.1 Å². The number of nitrogens with two attached hydrogens (primary N) is 1. The zero-order valence-corrected chi connectivity index (χ0v) is 13.7. The maximum Gasteiger partial charge on any atom is 0.124 e. The molecule has 1 aromatic rings. The Morgan fingerprint density at radius 2 is 1.90 bits per heavy atom. The van der Waals surface area contributed by atoms with Crippen LogP contribution in [0, 0.1) is 5.92 Å². The number of ether oxygens (including phenoxy) is 1. The van der Waals surface area contributed by atoms with Crippen LogP contribution in [0.2, 0.25) is 0 Å². The van der Waals surface area contributed by atoms with Crippen LogP contribution in [0.25, 0.3) is 0 Å². The van der Waals surface area contributed by atoms with E-state index in [9.17, 15) is 0 Å². The Hall–Kier alpha value is -1.06. The molecule has 3 heteroatoms. The first-order valence-corrected chi connectivity index (χ1v) is 8.31. The van der Waals surface area contributed by atoms with Crippen molar-refractivity contribution >= 4 is 0 Å². The normalized spacial score (nSPS) is 24.0. The topological polar surface area (TPSA) is 38.5 Å². The lowest BCUT2D eigenvalue weighted by Crippen LogP contribution is -2.40. The van der Waals surface area contributed by atoms with Gasteiger partial charge in [-0.1, -0.05) is 25.1 Å². The minimum atomic E-state index is 0.242. The van der Waals surface area contributed by atoms with Crippen LogP contribution in [0.3, 0.4) is 0 Å². The molecule has 118 valence electrons. The van der Waals surface area contributed by atoms with Crippen LogP contribution < -0.4 is 10.5 Å². The lowest BCUT2D eigenvalue weighted by Gasteiger charge is -2.38. The van der Waals surface area contributed by atoms with E-state index in [1.54, 1.807) is 0 Å². The lowest BCUT2D eigenvalue weighted by molar-refractivity contribution is 0.124. The summed E-state index contributed by atoms with van der Waals surface area (Å²) in [6, 6.07) is 9.21. The fourth-order valence-electron chi connectivity index (χ4n) is 3.46. The van der Waals surface area contributed by atoms with Gasteiger partial charge in [0.15, 0.2) is 0 Å². The molecule has 1 atom stereocenters. The van der Waals surface area contributed by atoms with Crippen molar-refractivity contribution in [2.45, 2.75) is 51.6 Å². The van der Waals surface area contributed by atoms with Crippen molar-refractivity contribution in [3.8, 4) is 5.75 Å². The van der Waals surface area contributed by atoms with E-state index >= 15 is 0 Å². The largest absolute Gasteiger partial charge is 0.494 e. The van der Waals surface area contributed by atoms with E-state index in [-0.39, 0.29) is 6.04 Å². The molecule has 2 rings (SSSR count). The number of likely N-dealkylation sites (N-methyl/N-ethyl adjacent to an activating group) is 1. The van der Waals surface area contributed by atoms with Crippen molar-refractivity contribution in [2.75, 3.05) is 20.2 Å². The molecule has 0 amide bonds. The van der Waals surface area contributed by atoms with Gasteiger partial charge in [-0.05, 0) is 51.6 Å². The van der Waals surface area contributed by atoms with Gasteiger partial charge in [0, 0.05) is 18.2 Å². The van der Waals surface area contributed by atoms with Gasteiger partial charge in [0.2, 0.25) is 0 Å². The van der Waals surface area contributed by atoms with Crippen LogP contribution >= 0.6 is 0 Å². The molecular weight excluding hydrogens is 260 g/mol. The van der Waals surface area contributed by atoms with Gasteiger partial charge in [0.25, 0.3) is 0 Å². The van der Waals surface area contributed by atoms with Gasteiger partial charge < -0.3 is 10.5 Å². The summed E-state index contributed by atoms with van der Waals surface area (Å²) < 4.78 is 5.79. The highest BCUT2D eigenvalue weighted by Crippen LogP contribution is 2.34. The Morgan fingerprint density at radius 3 is 2.52 bits per heavy atom. The first kappa shape index (κ1) is 16.3. The predicted octanol–water partition coefficient (Wildman–Crippen LogP) is 3.60. The Balaban J connectivity index is 2.15. The summed E-state index contributed by atoms with van der Waals surface area (Å²) in [6.45, 7) is 5.72. The molecule has 0 aromatic heterocycles. The fourth-order valence-corrected chi connectivity index (χ4v) is 3.46. The molecule has 2 N–H and O–H groups in total. The summed E-state index contributed by atoms with van der Waals surface area (Å²) in [5, 5.41) is 0. The second-order valence-electron chi connectivity index (χ2n) is 6.30. The van der Waals surface area contributed by atoms with E-state index in [4.69, 9.17) is 10.5 Å². The van der Waals surface area contributed by atoms with Crippen molar-refractivity contribution in [3.05, 3.63) is 29.8 Å². The molecule has 3 nitrogen and oxygen atoms in total. The quantitative estimate of drug-likeness (QED) is 0.870. The van der Waals surface area contributed by atoms with Crippen LogP contribution in [0.1, 0.15) is 51.1 Å². The summed E-state index contributed by atoms with van der Waals surface area (Å²) in [5.74, 6) is 1.85. The molecule has 0 heterocycles. The lowest BCUT2D eigenvalue weighted by atomic mass is 9.86. The van der Waals surface area contributed by atoms with Crippen LogP contribution in [0.15, 0.2) is 24.3 Å². The average Bonchev–Trinajstić information content (AvgIpc) is 2.50. The van der Waals surface area contributed by atoms with E-state index in [1.165, 1.54) is 31.2 Å². The zero-order chi connectivity index (χ0) is 15.2. The minimum Gasteiger partial charge on any atom is -0.494 e. The molecule has 21 heavy (non-hydrogen) atoms. The molecule has 1 unspecified atom stereocenters. The van der Waals surface area contributed by atoms with Crippen LogP contribution in [0.4, 0.5) is 0 Å². The van der Waals surface area contributed by atoms with Crippen LogP contribution in [-0.2, 0) is 0 Å². The molecule has 0 spiro atoms. The summed E-state index contributed by atoms with van der Waals surface area (Å²) >= 11 is 0. The Bertz CT molecular complexity index is 427. The third kappa shape index (κ3) is 3.98. The smallest absolute Gasteiger partial charge is 0.124 e. The zero-order valence-electron chi connectivity index (χ0n) is 13.7. The Labute approximate surface area is 129 Å². The molecule has 1 aliphatic carbocycles. The second-order valence-corrected chi connectivity index (χ2v) is 6.30. The summed E-state index contributed by atoms with van der Waals surface area (Å²) in [7, 11) is 2.22. The van der Waals surface area contributed by atoms with Crippen molar-refractivity contribution in [1.29, 1.82) is 0 Å². The number of hydrogen-bond acceptors (Lipinski definition) is 3. The Kier molecular flexibility index (Phi) is 6.07. The molecule has 1 aliphatic rings. The van der Waals surface area contributed by atoms with Gasteiger partial charge in [-0.25, -0.2) is 0 Å². The van der Waals surface area contributed by atoms with E-state index in [0.717, 1.165) is 11.7 Å². The van der Waals surface area contributed by atoms with E-state index in [0.29, 0.717) is 19.2 Å². The number of hydrogen-bond donors (Lipinski definition) is 1. The van der Waals surface area contributed by atoms with Crippen LogP contribution in [-0.4, -0.2) is 31.1 Å². The van der Waals surface area contributed by atoms with E-state index in [1.807, 2.05) is 13.0 Å².